The van der Waals surface area contributed by atoms with Gasteiger partial charge in [-0.3, -0.25) is 10.1 Å². The zero-order valence-corrected chi connectivity index (χ0v) is 15.0. The molecule has 0 unspecified atom stereocenters. The van der Waals surface area contributed by atoms with Crippen molar-refractivity contribution in [1.29, 1.82) is 0 Å². The fraction of sp³-hybridized carbons (Fsp3) is 0.190. The Labute approximate surface area is 156 Å². The van der Waals surface area contributed by atoms with E-state index in [0.717, 1.165) is 47.2 Å². The Hall–Kier alpha value is -3.41. The SMILES string of the molecule is Cc1ccc(-n2nc(C(=O)Nc3nc4ccccc4[nH]3)c3c2CCC3)cc1. The molecule has 5 rings (SSSR count). The molecule has 6 nitrogen and oxygen atoms in total. The minimum Gasteiger partial charge on any atom is -0.324 e. The molecule has 1 aliphatic rings. The van der Waals surface area contributed by atoms with Crippen LogP contribution < -0.4 is 5.32 Å². The molecule has 0 fully saturated rings. The fourth-order valence-corrected chi connectivity index (χ4v) is 3.70. The van der Waals surface area contributed by atoms with Crippen LogP contribution in [-0.4, -0.2) is 25.7 Å². The number of H-pyrrole nitrogens is 1. The Bertz CT molecular complexity index is 1120. The molecule has 0 radical (unpaired) electrons. The largest absolute Gasteiger partial charge is 0.324 e. The van der Waals surface area contributed by atoms with Crippen LogP contribution in [0.5, 0.6) is 0 Å². The Kier molecular flexibility index (Phi) is 3.57. The third-order valence-corrected chi connectivity index (χ3v) is 5.05. The second-order valence-electron chi connectivity index (χ2n) is 6.93. The molecule has 2 N–H and O–H groups in total. The molecule has 2 aromatic heterocycles. The molecule has 1 aliphatic carbocycles. The molecule has 0 saturated heterocycles. The Morgan fingerprint density at radius 3 is 2.74 bits per heavy atom. The summed E-state index contributed by atoms with van der Waals surface area (Å²) in [5.74, 6) is 0.218. The minimum atomic E-state index is -0.224. The van der Waals surface area contributed by atoms with Gasteiger partial charge in [0, 0.05) is 11.3 Å². The van der Waals surface area contributed by atoms with Crippen molar-refractivity contribution < 1.29 is 4.79 Å². The van der Waals surface area contributed by atoms with Crippen LogP contribution in [0.4, 0.5) is 5.95 Å². The van der Waals surface area contributed by atoms with Gasteiger partial charge in [-0.2, -0.15) is 5.10 Å². The highest BCUT2D eigenvalue weighted by Crippen LogP contribution is 2.28. The van der Waals surface area contributed by atoms with Gasteiger partial charge in [0.25, 0.3) is 5.91 Å². The van der Waals surface area contributed by atoms with E-state index in [4.69, 9.17) is 0 Å². The molecule has 0 atom stereocenters. The summed E-state index contributed by atoms with van der Waals surface area (Å²) >= 11 is 0. The van der Waals surface area contributed by atoms with Crippen molar-refractivity contribution in [2.24, 2.45) is 0 Å². The van der Waals surface area contributed by atoms with Gasteiger partial charge in [0.1, 0.15) is 0 Å². The number of rotatable bonds is 3. The summed E-state index contributed by atoms with van der Waals surface area (Å²) in [6, 6.07) is 15.9. The first-order valence-corrected chi connectivity index (χ1v) is 9.13. The van der Waals surface area contributed by atoms with Gasteiger partial charge in [-0.25, -0.2) is 9.67 Å². The van der Waals surface area contributed by atoms with E-state index in [-0.39, 0.29) is 5.91 Å². The number of nitrogens with one attached hydrogen (secondary N) is 2. The molecule has 1 amide bonds. The maximum absolute atomic E-state index is 12.9. The summed E-state index contributed by atoms with van der Waals surface area (Å²) in [6.45, 7) is 2.06. The van der Waals surface area contributed by atoms with Gasteiger partial charge >= 0.3 is 0 Å². The normalized spacial score (nSPS) is 13.1. The fourth-order valence-electron chi connectivity index (χ4n) is 3.70. The van der Waals surface area contributed by atoms with Crippen LogP contribution in [0.3, 0.4) is 0 Å². The van der Waals surface area contributed by atoms with Crippen LogP contribution in [0, 0.1) is 6.92 Å². The number of anilines is 1. The number of carbonyl (C=O) groups excluding carboxylic acids is 1. The molecule has 4 aromatic rings. The first kappa shape index (κ1) is 15.8. The first-order valence-electron chi connectivity index (χ1n) is 9.13. The van der Waals surface area contributed by atoms with Gasteiger partial charge in [0.2, 0.25) is 5.95 Å². The van der Waals surface area contributed by atoms with E-state index in [2.05, 4.69) is 39.4 Å². The number of carbonyl (C=O) groups is 1. The van der Waals surface area contributed by atoms with Crippen molar-refractivity contribution in [2.75, 3.05) is 5.32 Å². The van der Waals surface area contributed by atoms with Crippen molar-refractivity contribution >= 4 is 22.9 Å². The monoisotopic (exact) mass is 357 g/mol. The number of amides is 1. The van der Waals surface area contributed by atoms with Gasteiger partial charge in [-0.15, -0.1) is 0 Å². The molecular formula is C21H19N5O. The van der Waals surface area contributed by atoms with E-state index < -0.39 is 0 Å². The standard InChI is InChI=1S/C21H19N5O/c1-13-9-11-14(12-10-13)26-18-8-4-5-15(18)19(25-26)20(27)24-21-22-16-6-2-3-7-17(16)23-21/h2-3,6-7,9-12H,4-5,8H2,1H3,(H2,22,23,24,27). The molecule has 0 spiro atoms. The number of aromatic amines is 1. The van der Waals surface area contributed by atoms with Gasteiger partial charge in [0.05, 0.1) is 16.7 Å². The van der Waals surface area contributed by atoms with Crippen LogP contribution in [0.1, 0.15) is 33.7 Å². The van der Waals surface area contributed by atoms with Crippen LogP contribution in [0.2, 0.25) is 0 Å². The van der Waals surface area contributed by atoms with Gasteiger partial charge in [-0.1, -0.05) is 29.8 Å². The molecule has 27 heavy (non-hydrogen) atoms. The number of para-hydroxylation sites is 2. The van der Waals surface area contributed by atoms with E-state index >= 15 is 0 Å². The first-order chi connectivity index (χ1) is 13.2. The highest BCUT2D eigenvalue weighted by atomic mass is 16.2. The highest BCUT2D eigenvalue weighted by Gasteiger charge is 2.27. The third-order valence-electron chi connectivity index (χ3n) is 5.05. The maximum Gasteiger partial charge on any atom is 0.278 e. The smallest absolute Gasteiger partial charge is 0.278 e. The lowest BCUT2D eigenvalue weighted by molar-refractivity contribution is 0.102. The zero-order valence-electron chi connectivity index (χ0n) is 15.0. The number of hydrogen-bond donors (Lipinski definition) is 2. The quantitative estimate of drug-likeness (QED) is 0.586. The van der Waals surface area contributed by atoms with Crippen LogP contribution in [0.15, 0.2) is 48.5 Å². The lowest BCUT2D eigenvalue weighted by atomic mass is 10.2. The highest BCUT2D eigenvalue weighted by molar-refractivity contribution is 6.04. The molecular weight excluding hydrogens is 338 g/mol. The van der Waals surface area contributed by atoms with Crippen LogP contribution >= 0.6 is 0 Å². The predicted molar refractivity (Wildman–Crippen MR) is 104 cm³/mol. The number of imidazole rings is 1. The van der Waals surface area contributed by atoms with Crippen LogP contribution in [0.25, 0.3) is 16.7 Å². The van der Waals surface area contributed by atoms with Crippen molar-refractivity contribution in [3.05, 3.63) is 71.0 Å². The Morgan fingerprint density at radius 1 is 1.11 bits per heavy atom. The van der Waals surface area contributed by atoms with Crippen molar-refractivity contribution in [2.45, 2.75) is 26.2 Å². The number of fused-ring (bicyclic) bond motifs is 2. The summed E-state index contributed by atoms with van der Waals surface area (Å²) in [6.07, 6.45) is 2.86. The Balaban J connectivity index is 1.50. The zero-order chi connectivity index (χ0) is 18.4. The van der Waals surface area contributed by atoms with E-state index in [1.165, 1.54) is 5.56 Å². The summed E-state index contributed by atoms with van der Waals surface area (Å²) in [7, 11) is 0. The van der Waals surface area contributed by atoms with Gasteiger partial charge in [-0.05, 0) is 50.5 Å². The van der Waals surface area contributed by atoms with Crippen molar-refractivity contribution in [3.8, 4) is 5.69 Å². The summed E-state index contributed by atoms with van der Waals surface area (Å²) < 4.78 is 1.91. The Morgan fingerprint density at radius 2 is 1.93 bits per heavy atom. The average molecular weight is 357 g/mol. The van der Waals surface area contributed by atoms with E-state index in [0.29, 0.717) is 11.6 Å². The van der Waals surface area contributed by atoms with E-state index in [1.54, 1.807) is 0 Å². The third kappa shape index (κ3) is 2.70. The molecule has 0 bridgehead atoms. The molecule has 0 aliphatic heterocycles. The van der Waals surface area contributed by atoms with Gasteiger partial charge < -0.3 is 4.98 Å². The molecule has 2 aromatic carbocycles. The van der Waals surface area contributed by atoms with Crippen molar-refractivity contribution in [3.63, 3.8) is 0 Å². The summed E-state index contributed by atoms with van der Waals surface area (Å²) in [4.78, 5) is 20.5. The number of aromatic nitrogens is 4. The molecule has 2 heterocycles. The molecule has 134 valence electrons. The average Bonchev–Trinajstić information content (AvgIpc) is 3.36. The van der Waals surface area contributed by atoms with Gasteiger partial charge in [0.15, 0.2) is 5.69 Å². The van der Waals surface area contributed by atoms with E-state index in [1.807, 2.05) is 41.1 Å². The van der Waals surface area contributed by atoms with Crippen LogP contribution in [-0.2, 0) is 12.8 Å². The lowest BCUT2D eigenvalue weighted by Crippen LogP contribution is -2.15. The number of nitrogens with zero attached hydrogens (tertiary/aromatic N) is 3. The number of hydrogen-bond acceptors (Lipinski definition) is 3. The van der Waals surface area contributed by atoms with Crippen molar-refractivity contribution in [1.82, 2.24) is 19.7 Å². The van der Waals surface area contributed by atoms with E-state index in [9.17, 15) is 4.79 Å². The minimum absolute atomic E-state index is 0.224. The second-order valence-corrected chi connectivity index (χ2v) is 6.93. The maximum atomic E-state index is 12.9. The summed E-state index contributed by atoms with van der Waals surface area (Å²) in [5, 5.41) is 7.51. The molecule has 6 heteroatoms. The topological polar surface area (TPSA) is 75.6 Å². The molecule has 0 saturated carbocycles. The predicted octanol–water partition coefficient (Wildman–Crippen LogP) is 3.80. The summed E-state index contributed by atoms with van der Waals surface area (Å²) in [5.41, 5.74) is 6.57. The number of aryl methyl sites for hydroxylation is 1. The number of benzene rings is 2. The second kappa shape index (κ2) is 6.09. The lowest BCUT2D eigenvalue weighted by Gasteiger charge is -2.05.